The Hall–Kier alpha value is -1.97. The SMILES string of the molecule is Oc1ccc(-c2ccnc(C(F)F)c2)cc1. The van der Waals surface area contributed by atoms with Gasteiger partial charge >= 0.3 is 0 Å². The molecule has 0 amide bonds. The molecule has 0 unspecified atom stereocenters. The Bertz CT molecular complexity index is 483. The van der Waals surface area contributed by atoms with Crippen molar-refractivity contribution in [1.29, 1.82) is 0 Å². The summed E-state index contributed by atoms with van der Waals surface area (Å²) < 4.78 is 24.8. The first kappa shape index (κ1) is 10.5. The van der Waals surface area contributed by atoms with E-state index in [-0.39, 0.29) is 11.4 Å². The van der Waals surface area contributed by atoms with E-state index >= 15 is 0 Å². The van der Waals surface area contributed by atoms with Gasteiger partial charge in [0.2, 0.25) is 0 Å². The highest BCUT2D eigenvalue weighted by atomic mass is 19.3. The minimum Gasteiger partial charge on any atom is -0.508 e. The maximum atomic E-state index is 12.4. The Kier molecular flexibility index (Phi) is 2.81. The second-order valence-corrected chi connectivity index (χ2v) is 3.32. The number of aromatic nitrogens is 1. The van der Waals surface area contributed by atoms with Crippen LogP contribution in [-0.2, 0) is 0 Å². The lowest BCUT2D eigenvalue weighted by Gasteiger charge is -2.04. The molecule has 2 rings (SSSR count). The third-order valence-corrected chi connectivity index (χ3v) is 2.21. The van der Waals surface area contributed by atoms with Crippen molar-refractivity contribution in [1.82, 2.24) is 4.98 Å². The number of nitrogens with zero attached hydrogens (tertiary/aromatic N) is 1. The summed E-state index contributed by atoms with van der Waals surface area (Å²) >= 11 is 0. The summed E-state index contributed by atoms with van der Waals surface area (Å²) in [7, 11) is 0. The Labute approximate surface area is 91.2 Å². The summed E-state index contributed by atoms with van der Waals surface area (Å²) in [6, 6.07) is 9.35. The van der Waals surface area contributed by atoms with Gasteiger partial charge in [0.05, 0.1) is 0 Å². The van der Waals surface area contributed by atoms with Crippen LogP contribution in [0, 0.1) is 0 Å². The van der Waals surface area contributed by atoms with Crippen LogP contribution in [0.2, 0.25) is 0 Å². The van der Waals surface area contributed by atoms with E-state index in [1.165, 1.54) is 24.4 Å². The van der Waals surface area contributed by atoms with E-state index < -0.39 is 6.43 Å². The van der Waals surface area contributed by atoms with Crippen LogP contribution in [0.4, 0.5) is 8.78 Å². The Morgan fingerprint density at radius 1 is 1.00 bits per heavy atom. The van der Waals surface area contributed by atoms with Gasteiger partial charge in [-0.1, -0.05) is 12.1 Å². The summed E-state index contributed by atoms with van der Waals surface area (Å²) in [6.45, 7) is 0. The highest BCUT2D eigenvalue weighted by molar-refractivity contribution is 5.64. The third-order valence-electron chi connectivity index (χ3n) is 2.21. The van der Waals surface area contributed by atoms with Crippen LogP contribution in [0.5, 0.6) is 5.75 Å². The Balaban J connectivity index is 2.40. The van der Waals surface area contributed by atoms with Crippen molar-refractivity contribution in [3.63, 3.8) is 0 Å². The molecule has 16 heavy (non-hydrogen) atoms. The first-order valence-electron chi connectivity index (χ1n) is 4.70. The Morgan fingerprint density at radius 2 is 1.69 bits per heavy atom. The van der Waals surface area contributed by atoms with Gasteiger partial charge in [-0.25, -0.2) is 8.78 Å². The molecule has 0 saturated carbocycles. The molecule has 0 atom stereocenters. The van der Waals surface area contributed by atoms with Crippen LogP contribution in [0.25, 0.3) is 11.1 Å². The van der Waals surface area contributed by atoms with Crippen LogP contribution in [0.3, 0.4) is 0 Å². The maximum absolute atomic E-state index is 12.4. The third kappa shape index (κ3) is 2.16. The number of rotatable bonds is 2. The van der Waals surface area contributed by atoms with Gasteiger partial charge in [0, 0.05) is 6.20 Å². The van der Waals surface area contributed by atoms with Gasteiger partial charge in [0.1, 0.15) is 11.4 Å². The van der Waals surface area contributed by atoms with Crippen molar-refractivity contribution >= 4 is 0 Å². The van der Waals surface area contributed by atoms with E-state index in [1.807, 2.05) is 0 Å². The normalized spacial score (nSPS) is 10.7. The fourth-order valence-electron chi connectivity index (χ4n) is 1.40. The molecule has 82 valence electrons. The average molecular weight is 221 g/mol. The van der Waals surface area contributed by atoms with Crippen LogP contribution >= 0.6 is 0 Å². The monoisotopic (exact) mass is 221 g/mol. The molecule has 0 aliphatic heterocycles. The summed E-state index contributed by atoms with van der Waals surface area (Å²) in [6.07, 6.45) is -1.22. The van der Waals surface area contributed by atoms with Crippen molar-refractivity contribution < 1.29 is 13.9 Å². The van der Waals surface area contributed by atoms with Crippen LogP contribution in [0.15, 0.2) is 42.6 Å². The number of hydrogen-bond donors (Lipinski definition) is 1. The first-order valence-corrected chi connectivity index (χ1v) is 4.70. The highest BCUT2D eigenvalue weighted by Gasteiger charge is 2.09. The van der Waals surface area contributed by atoms with Crippen molar-refractivity contribution in [2.75, 3.05) is 0 Å². The standard InChI is InChI=1S/C12H9F2NO/c13-12(14)11-7-9(5-6-15-11)8-1-3-10(16)4-2-8/h1-7,12,16H. The molecule has 1 aromatic heterocycles. The quantitative estimate of drug-likeness (QED) is 0.843. The smallest absolute Gasteiger partial charge is 0.280 e. The molecule has 0 spiro atoms. The number of pyridine rings is 1. The fraction of sp³-hybridized carbons (Fsp3) is 0.0833. The molecule has 2 nitrogen and oxygen atoms in total. The minimum atomic E-state index is -2.57. The molecule has 0 bridgehead atoms. The van der Waals surface area contributed by atoms with Crippen LogP contribution in [0.1, 0.15) is 12.1 Å². The molecule has 0 saturated heterocycles. The molecule has 4 heteroatoms. The summed E-state index contributed by atoms with van der Waals surface area (Å²) in [5.41, 5.74) is 1.18. The summed E-state index contributed by atoms with van der Waals surface area (Å²) in [4.78, 5) is 3.58. The van der Waals surface area contributed by atoms with E-state index in [4.69, 9.17) is 5.11 Å². The minimum absolute atomic E-state index is 0.145. The molecule has 1 aromatic carbocycles. The van der Waals surface area contributed by atoms with Gasteiger partial charge in [-0.2, -0.15) is 0 Å². The Morgan fingerprint density at radius 3 is 2.31 bits per heavy atom. The zero-order valence-electron chi connectivity index (χ0n) is 8.27. The van der Waals surface area contributed by atoms with Gasteiger partial charge < -0.3 is 5.11 Å². The van der Waals surface area contributed by atoms with E-state index in [0.717, 1.165) is 5.56 Å². The van der Waals surface area contributed by atoms with Crippen molar-refractivity contribution in [3.05, 3.63) is 48.3 Å². The largest absolute Gasteiger partial charge is 0.508 e. The highest BCUT2D eigenvalue weighted by Crippen LogP contribution is 2.25. The van der Waals surface area contributed by atoms with E-state index in [9.17, 15) is 8.78 Å². The van der Waals surface area contributed by atoms with Gasteiger partial charge in [-0.3, -0.25) is 4.98 Å². The number of phenolic OH excluding ortho intramolecular Hbond substituents is 1. The van der Waals surface area contributed by atoms with Gasteiger partial charge in [0.25, 0.3) is 6.43 Å². The van der Waals surface area contributed by atoms with Gasteiger partial charge in [0.15, 0.2) is 0 Å². The topological polar surface area (TPSA) is 33.1 Å². The molecule has 0 radical (unpaired) electrons. The molecule has 1 heterocycles. The average Bonchev–Trinajstić information content (AvgIpc) is 2.30. The number of benzene rings is 1. The number of halogens is 2. The molecule has 2 aromatic rings. The van der Waals surface area contributed by atoms with E-state index in [0.29, 0.717) is 5.56 Å². The van der Waals surface area contributed by atoms with Gasteiger partial charge in [-0.05, 0) is 35.4 Å². The molecular weight excluding hydrogens is 212 g/mol. The molecular formula is C12H9F2NO. The number of alkyl halides is 2. The van der Waals surface area contributed by atoms with E-state index in [2.05, 4.69) is 4.98 Å². The van der Waals surface area contributed by atoms with Crippen molar-refractivity contribution in [2.24, 2.45) is 0 Å². The second-order valence-electron chi connectivity index (χ2n) is 3.32. The number of aromatic hydroxyl groups is 1. The summed E-state index contributed by atoms with van der Waals surface area (Å²) in [5, 5.41) is 9.11. The summed E-state index contributed by atoms with van der Waals surface area (Å²) in [5.74, 6) is 0.145. The fourth-order valence-corrected chi connectivity index (χ4v) is 1.40. The van der Waals surface area contributed by atoms with Crippen LogP contribution < -0.4 is 0 Å². The van der Waals surface area contributed by atoms with E-state index in [1.54, 1.807) is 18.2 Å². The van der Waals surface area contributed by atoms with Crippen molar-refractivity contribution in [3.8, 4) is 16.9 Å². The number of hydrogen-bond acceptors (Lipinski definition) is 2. The molecule has 0 fully saturated rings. The zero-order valence-corrected chi connectivity index (χ0v) is 8.27. The lowest BCUT2D eigenvalue weighted by Crippen LogP contribution is -1.89. The van der Waals surface area contributed by atoms with Gasteiger partial charge in [-0.15, -0.1) is 0 Å². The lowest BCUT2D eigenvalue weighted by molar-refractivity contribution is 0.146. The second kappa shape index (κ2) is 4.26. The maximum Gasteiger partial charge on any atom is 0.280 e. The lowest BCUT2D eigenvalue weighted by atomic mass is 10.1. The molecule has 1 N–H and O–H groups in total. The predicted octanol–water partition coefficient (Wildman–Crippen LogP) is 3.39. The molecule has 0 aliphatic rings. The first-order chi connectivity index (χ1) is 7.66. The van der Waals surface area contributed by atoms with Crippen LogP contribution in [-0.4, -0.2) is 10.1 Å². The zero-order chi connectivity index (χ0) is 11.5. The predicted molar refractivity (Wildman–Crippen MR) is 56.3 cm³/mol. The molecule has 0 aliphatic carbocycles. The van der Waals surface area contributed by atoms with Crippen molar-refractivity contribution in [2.45, 2.75) is 6.43 Å². The number of phenols is 1.